The highest BCUT2D eigenvalue weighted by Crippen LogP contribution is 2.45. The third kappa shape index (κ3) is 31.3. The van der Waals surface area contributed by atoms with Crippen LogP contribution in [0.4, 0.5) is 0 Å². The highest BCUT2D eigenvalue weighted by Gasteiger charge is 2.30. The van der Waals surface area contributed by atoms with Crippen LogP contribution in [0.3, 0.4) is 0 Å². The molecular formula is C35H66O17P2. The standard InChI is InChI=1S/C35H66O17P2/c1-5-9-13-15-18-22-35(40)52-31(26-46-33(38)20-17-14-10-6-2)28-50-54(43,44)48-24-29(36)23-47-53(41,42)49-27-30(25-45-32(37)19-12-8-4)51-34(39)21-16-11-7-3/h29-31,36H,5-28H2,1-4H3,(H,41,42)(H,43,44)/t29-,30-,31-/m1/s1. The van der Waals surface area contributed by atoms with Crippen LogP contribution in [0.5, 0.6) is 0 Å². The van der Waals surface area contributed by atoms with Gasteiger partial charge in [-0.3, -0.25) is 37.3 Å². The Morgan fingerprint density at radius 3 is 1.19 bits per heavy atom. The molecule has 0 saturated carbocycles. The molecule has 0 aromatic carbocycles. The summed E-state index contributed by atoms with van der Waals surface area (Å²) in [7, 11) is -9.77. The quantitative estimate of drug-likeness (QED) is 0.0260. The van der Waals surface area contributed by atoms with E-state index < -0.39 is 97.5 Å². The lowest BCUT2D eigenvalue weighted by atomic mass is 10.1. The Hall–Kier alpha value is -1.94. The summed E-state index contributed by atoms with van der Waals surface area (Å²) in [5.74, 6) is -2.27. The zero-order chi connectivity index (χ0) is 40.7. The number of ether oxygens (including phenoxy) is 4. The van der Waals surface area contributed by atoms with Crippen LogP contribution in [-0.2, 0) is 65.4 Å². The van der Waals surface area contributed by atoms with Crippen molar-refractivity contribution in [1.29, 1.82) is 0 Å². The molecule has 0 heterocycles. The van der Waals surface area contributed by atoms with Gasteiger partial charge >= 0.3 is 39.5 Å². The van der Waals surface area contributed by atoms with E-state index in [-0.39, 0.29) is 25.7 Å². The molecule has 0 aromatic heterocycles. The second-order valence-electron chi connectivity index (χ2n) is 12.9. The number of hydrogen-bond donors (Lipinski definition) is 3. The third-order valence-corrected chi connectivity index (χ3v) is 9.50. The number of phosphoric ester groups is 2. The molecule has 0 fully saturated rings. The molecule has 0 aliphatic carbocycles. The van der Waals surface area contributed by atoms with Gasteiger partial charge < -0.3 is 33.8 Å². The van der Waals surface area contributed by atoms with E-state index in [1.54, 1.807) is 0 Å². The van der Waals surface area contributed by atoms with Gasteiger partial charge in [-0.2, -0.15) is 0 Å². The van der Waals surface area contributed by atoms with E-state index in [0.717, 1.165) is 64.2 Å². The summed E-state index contributed by atoms with van der Waals surface area (Å²) in [6, 6.07) is 0. The minimum Gasteiger partial charge on any atom is -0.462 e. The van der Waals surface area contributed by atoms with E-state index in [1.165, 1.54) is 0 Å². The highest BCUT2D eigenvalue weighted by atomic mass is 31.2. The fraction of sp³-hybridized carbons (Fsp3) is 0.886. The fourth-order valence-electron chi connectivity index (χ4n) is 4.49. The Morgan fingerprint density at radius 1 is 0.444 bits per heavy atom. The Kier molecular flexibility index (Phi) is 31.0. The monoisotopic (exact) mass is 820 g/mol. The van der Waals surface area contributed by atoms with Gasteiger partial charge in [0, 0.05) is 25.7 Å². The van der Waals surface area contributed by atoms with Gasteiger partial charge in [-0.15, -0.1) is 0 Å². The molecule has 17 nitrogen and oxygen atoms in total. The van der Waals surface area contributed by atoms with Crippen LogP contribution in [0.25, 0.3) is 0 Å². The molecule has 3 N–H and O–H groups in total. The number of rotatable bonds is 36. The lowest BCUT2D eigenvalue weighted by Crippen LogP contribution is -2.30. The minimum absolute atomic E-state index is 0.0870. The molecule has 0 saturated heterocycles. The molecule has 0 aliphatic rings. The van der Waals surface area contributed by atoms with Crippen molar-refractivity contribution in [2.45, 2.75) is 162 Å². The minimum atomic E-state index is -4.89. The summed E-state index contributed by atoms with van der Waals surface area (Å²) >= 11 is 0. The number of esters is 4. The highest BCUT2D eigenvalue weighted by molar-refractivity contribution is 7.47. The number of unbranched alkanes of at least 4 members (excludes halogenated alkanes) is 10. The normalized spacial score (nSPS) is 15.3. The molecule has 0 amide bonds. The van der Waals surface area contributed by atoms with Gasteiger partial charge in [-0.25, -0.2) is 9.13 Å². The molecule has 2 unspecified atom stereocenters. The predicted molar refractivity (Wildman–Crippen MR) is 197 cm³/mol. The van der Waals surface area contributed by atoms with Crippen molar-refractivity contribution in [1.82, 2.24) is 0 Å². The first-order valence-electron chi connectivity index (χ1n) is 19.3. The van der Waals surface area contributed by atoms with Gasteiger partial charge in [-0.1, -0.05) is 91.9 Å². The second-order valence-corrected chi connectivity index (χ2v) is 15.8. The van der Waals surface area contributed by atoms with Crippen LogP contribution in [-0.4, -0.2) is 96.7 Å². The van der Waals surface area contributed by atoms with Crippen molar-refractivity contribution in [3.63, 3.8) is 0 Å². The molecular weight excluding hydrogens is 754 g/mol. The molecule has 54 heavy (non-hydrogen) atoms. The van der Waals surface area contributed by atoms with Crippen LogP contribution in [0.2, 0.25) is 0 Å². The summed E-state index contributed by atoms with van der Waals surface area (Å²) in [5, 5.41) is 10.2. The maximum atomic E-state index is 12.5. The van der Waals surface area contributed by atoms with Crippen LogP contribution in [0.1, 0.15) is 143 Å². The lowest BCUT2D eigenvalue weighted by molar-refractivity contribution is -0.161. The lowest BCUT2D eigenvalue weighted by Gasteiger charge is -2.21. The molecule has 5 atom stereocenters. The average molecular weight is 821 g/mol. The zero-order valence-corrected chi connectivity index (χ0v) is 34.4. The number of aliphatic hydroxyl groups excluding tert-OH is 1. The number of hydrogen-bond acceptors (Lipinski definition) is 15. The largest absolute Gasteiger partial charge is 0.472 e. The van der Waals surface area contributed by atoms with E-state index in [2.05, 4.69) is 6.92 Å². The van der Waals surface area contributed by atoms with Crippen LogP contribution >= 0.6 is 15.6 Å². The maximum Gasteiger partial charge on any atom is 0.472 e. The fourth-order valence-corrected chi connectivity index (χ4v) is 6.06. The van der Waals surface area contributed by atoms with E-state index in [9.17, 15) is 43.2 Å². The number of phosphoric acid groups is 2. The Balaban J connectivity index is 5.03. The first-order chi connectivity index (χ1) is 25.7. The van der Waals surface area contributed by atoms with Crippen LogP contribution < -0.4 is 0 Å². The van der Waals surface area contributed by atoms with Crippen molar-refractivity contribution in [3.8, 4) is 0 Å². The van der Waals surface area contributed by atoms with E-state index in [4.69, 9.17) is 37.0 Å². The molecule has 0 aromatic rings. The first-order valence-corrected chi connectivity index (χ1v) is 22.3. The molecule has 0 spiro atoms. The van der Waals surface area contributed by atoms with Crippen LogP contribution in [0.15, 0.2) is 0 Å². The number of aliphatic hydroxyl groups is 1. The van der Waals surface area contributed by atoms with Crippen LogP contribution in [0, 0.1) is 0 Å². The summed E-state index contributed by atoms with van der Waals surface area (Å²) in [5.41, 5.74) is 0. The molecule has 0 aliphatic heterocycles. The van der Waals surface area contributed by atoms with Gasteiger partial charge in [-0.05, 0) is 25.7 Å². The van der Waals surface area contributed by atoms with Crippen molar-refractivity contribution >= 4 is 39.5 Å². The average Bonchev–Trinajstić information content (AvgIpc) is 3.13. The van der Waals surface area contributed by atoms with Crippen molar-refractivity contribution in [2.75, 3.05) is 39.6 Å². The maximum absolute atomic E-state index is 12.5. The van der Waals surface area contributed by atoms with E-state index in [0.29, 0.717) is 25.7 Å². The summed E-state index contributed by atoms with van der Waals surface area (Å²) in [6.45, 7) is 3.97. The van der Waals surface area contributed by atoms with Gasteiger partial charge in [0.2, 0.25) is 0 Å². The summed E-state index contributed by atoms with van der Waals surface area (Å²) < 4.78 is 65.3. The van der Waals surface area contributed by atoms with Gasteiger partial charge in [0.05, 0.1) is 26.4 Å². The first kappa shape index (κ1) is 52.1. The molecule has 318 valence electrons. The van der Waals surface area contributed by atoms with Gasteiger partial charge in [0.15, 0.2) is 12.2 Å². The van der Waals surface area contributed by atoms with Gasteiger partial charge in [0.25, 0.3) is 0 Å². The van der Waals surface area contributed by atoms with Crippen molar-refractivity contribution < 1.29 is 80.2 Å². The Bertz CT molecular complexity index is 1120. The molecule has 0 radical (unpaired) electrons. The third-order valence-electron chi connectivity index (χ3n) is 7.60. The predicted octanol–water partition coefficient (Wildman–Crippen LogP) is 6.63. The molecule has 19 heteroatoms. The van der Waals surface area contributed by atoms with Crippen molar-refractivity contribution in [2.24, 2.45) is 0 Å². The molecule has 0 rings (SSSR count). The number of carbonyl (C=O) groups excluding carboxylic acids is 4. The van der Waals surface area contributed by atoms with Gasteiger partial charge in [0.1, 0.15) is 19.3 Å². The Morgan fingerprint density at radius 2 is 0.759 bits per heavy atom. The van der Waals surface area contributed by atoms with E-state index >= 15 is 0 Å². The zero-order valence-electron chi connectivity index (χ0n) is 32.7. The number of carbonyl (C=O) groups is 4. The van der Waals surface area contributed by atoms with Crippen molar-refractivity contribution in [3.05, 3.63) is 0 Å². The topological polar surface area (TPSA) is 237 Å². The summed E-state index contributed by atoms with van der Waals surface area (Å²) in [4.78, 5) is 69.0. The molecule has 0 bridgehead atoms. The Labute approximate surface area is 320 Å². The second kappa shape index (κ2) is 32.2. The smallest absolute Gasteiger partial charge is 0.462 e. The SMILES string of the molecule is CCCCCCCC(=O)O[C@H](COC(=O)CCCCCC)COP(=O)(O)OC[C@H](O)COP(=O)(O)OC[C@@H](COC(=O)CCCC)OC(=O)CCCCC. The van der Waals surface area contributed by atoms with E-state index in [1.807, 2.05) is 20.8 Å². The summed E-state index contributed by atoms with van der Waals surface area (Å²) in [6.07, 6.45) is 7.78.